The zero-order valence-corrected chi connectivity index (χ0v) is 13.4. The summed E-state index contributed by atoms with van der Waals surface area (Å²) in [7, 11) is 0. The third-order valence-electron chi connectivity index (χ3n) is 3.97. The molecule has 0 saturated carbocycles. The van der Waals surface area contributed by atoms with Gasteiger partial charge in [0.1, 0.15) is 5.82 Å². The summed E-state index contributed by atoms with van der Waals surface area (Å²) < 4.78 is 51.2. The van der Waals surface area contributed by atoms with Crippen LogP contribution in [0.3, 0.4) is 0 Å². The van der Waals surface area contributed by atoms with Crippen molar-refractivity contribution in [2.45, 2.75) is 25.9 Å². The number of piperidine rings is 1. The van der Waals surface area contributed by atoms with Gasteiger partial charge >= 0.3 is 6.18 Å². The second-order valence-corrected chi connectivity index (χ2v) is 5.97. The summed E-state index contributed by atoms with van der Waals surface area (Å²) in [6.45, 7) is 4.04. The van der Waals surface area contributed by atoms with E-state index >= 15 is 0 Å². The number of carbonyl (C=O) groups excluding carboxylic acids is 1. The first-order chi connectivity index (χ1) is 10.2. The minimum atomic E-state index is -4.68. The van der Waals surface area contributed by atoms with Crippen LogP contribution in [-0.2, 0) is 6.18 Å². The highest BCUT2D eigenvalue weighted by Gasteiger charge is 2.32. The van der Waals surface area contributed by atoms with Crippen molar-refractivity contribution in [1.82, 2.24) is 10.6 Å². The average Bonchev–Trinajstić information content (AvgIpc) is 2.44. The van der Waals surface area contributed by atoms with Gasteiger partial charge in [-0.3, -0.25) is 4.79 Å². The van der Waals surface area contributed by atoms with Crippen LogP contribution in [0.25, 0.3) is 0 Å². The molecule has 2 N–H and O–H groups in total. The second-order valence-electron chi connectivity index (χ2n) is 5.97. The fraction of sp³-hybridized carbons (Fsp3) is 0.533. The fourth-order valence-corrected chi connectivity index (χ4v) is 2.49. The highest BCUT2D eigenvalue weighted by atomic mass is 35.5. The highest BCUT2D eigenvalue weighted by molar-refractivity contribution is 5.94. The molecule has 1 fully saturated rings. The number of amides is 1. The van der Waals surface area contributed by atoms with E-state index < -0.39 is 23.5 Å². The summed E-state index contributed by atoms with van der Waals surface area (Å²) in [5.41, 5.74) is -1.57. The van der Waals surface area contributed by atoms with Crippen molar-refractivity contribution in [3.05, 3.63) is 35.1 Å². The zero-order valence-electron chi connectivity index (χ0n) is 12.6. The van der Waals surface area contributed by atoms with Gasteiger partial charge in [0.25, 0.3) is 5.91 Å². The van der Waals surface area contributed by atoms with Crippen molar-refractivity contribution >= 4 is 18.3 Å². The summed E-state index contributed by atoms with van der Waals surface area (Å²) >= 11 is 0. The summed E-state index contributed by atoms with van der Waals surface area (Å²) in [5.74, 6) is -1.77. The Morgan fingerprint density at radius 3 is 2.43 bits per heavy atom. The Morgan fingerprint density at radius 2 is 1.87 bits per heavy atom. The first-order valence-electron chi connectivity index (χ1n) is 7.06. The van der Waals surface area contributed by atoms with Crippen molar-refractivity contribution in [2.75, 3.05) is 19.6 Å². The zero-order chi connectivity index (χ0) is 16.4. The number of hydrogen-bond acceptors (Lipinski definition) is 2. The largest absolute Gasteiger partial charge is 0.416 e. The monoisotopic (exact) mass is 354 g/mol. The van der Waals surface area contributed by atoms with Crippen LogP contribution in [0, 0.1) is 11.2 Å². The van der Waals surface area contributed by atoms with E-state index in [0.717, 1.165) is 32.0 Å². The van der Waals surface area contributed by atoms with E-state index in [9.17, 15) is 22.4 Å². The van der Waals surface area contributed by atoms with E-state index in [1.165, 1.54) is 0 Å². The lowest BCUT2D eigenvalue weighted by molar-refractivity contribution is -0.137. The predicted octanol–water partition coefficient (Wildman–Crippen LogP) is 3.39. The Labute approximate surface area is 138 Å². The number of benzene rings is 1. The van der Waals surface area contributed by atoms with Gasteiger partial charge in [-0.1, -0.05) is 6.92 Å². The van der Waals surface area contributed by atoms with Crippen molar-refractivity contribution in [1.29, 1.82) is 0 Å². The number of rotatable bonds is 3. The number of halogens is 5. The lowest BCUT2D eigenvalue weighted by Gasteiger charge is -2.34. The molecule has 0 radical (unpaired) electrons. The Bertz CT molecular complexity index is 557. The topological polar surface area (TPSA) is 41.1 Å². The summed E-state index contributed by atoms with van der Waals surface area (Å²) in [6, 6.07) is 1.86. The van der Waals surface area contributed by atoms with Crippen molar-refractivity contribution in [3.8, 4) is 0 Å². The quantitative estimate of drug-likeness (QED) is 0.817. The number of carbonyl (C=O) groups is 1. The molecule has 0 aliphatic carbocycles. The molecule has 1 saturated heterocycles. The molecule has 8 heteroatoms. The fourth-order valence-electron chi connectivity index (χ4n) is 2.49. The second kappa shape index (κ2) is 7.49. The molecule has 0 bridgehead atoms. The van der Waals surface area contributed by atoms with Crippen molar-refractivity contribution < 1.29 is 22.4 Å². The van der Waals surface area contributed by atoms with Crippen molar-refractivity contribution in [2.24, 2.45) is 5.41 Å². The molecule has 1 amide bonds. The first-order valence-corrected chi connectivity index (χ1v) is 7.06. The normalized spacial score (nSPS) is 17.3. The van der Waals surface area contributed by atoms with Crippen LogP contribution in [0.15, 0.2) is 18.2 Å². The van der Waals surface area contributed by atoms with E-state index in [1.807, 2.05) is 6.92 Å². The summed E-state index contributed by atoms with van der Waals surface area (Å²) in [5, 5.41) is 5.82. The lowest BCUT2D eigenvalue weighted by atomic mass is 9.81. The first kappa shape index (κ1) is 19.7. The van der Waals surface area contributed by atoms with Gasteiger partial charge in [-0.2, -0.15) is 13.2 Å². The van der Waals surface area contributed by atoms with E-state index in [2.05, 4.69) is 10.6 Å². The Kier molecular flexibility index (Phi) is 6.41. The van der Waals surface area contributed by atoms with E-state index in [-0.39, 0.29) is 23.4 Å². The number of alkyl halides is 3. The maximum absolute atomic E-state index is 13.3. The van der Waals surface area contributed by atoms with Gasteiger partial charge in [-0.05, 0) is 49.5 Å². The molecular formula is C15H19ClF4N2O. The molecule has 23 heavy (non-hydrogen) atoms. The molecule has 1 aromatic carbocycles. The molecule has 1 aliphatic rings. The van der Waals surface area contributed by atoms with Gasteiger partial charge in [0.2, 0.25) is 0 Å². The molecule has 0 aromatic heterocycles. The molecule has 0 spiro atoms. The van der Waals surface area contributed by atoms with Crippen LogP contribution >= 0.6 is 12.4 Å². The van der Waals surface area contributed by atoms with Crippen LogP contribution in [0.5, 0.6) is 0 Å². The Hall–Kier alpha value is -1.34. The maximum Gasteiger partial charge on any atom is 0.416 e. The molecule has 1 aromatic rings. The molecular weight excluding hydrogens is 336 g/mol. The summed E-state index contributed by atoms with van der Waals surface area (Å²) in [6.07, 6.45) is -2.95. The van der Waals surface area contributed by atoms with Crippen LogP contribution in [0.2, 0.25) is 0 Å². The Morgan fingerprint density at radius 1 is 1.26 bits per heavy atom. The molecule has 2 rings (SSSR count). The molecule has 3 nitrogen and oxygen atoms in total. The van der Waals surface area contributed by atoms with Crippen LogP contribution in [0.1, 0.15) is 35.7 Å². The molecule has 0 atom stereocenters. The van der Waals surface area contributed by atoms with E-state index in [4.69, 9.17) is 0 Å². The number of hydrogen-bond donors (Lipinski definition) is 2. The number of nitrogens with one attached hydrogen (secondary N) is 2. The maximum atomic E-state index is 13.3. The molecule has 1 heterocycles. The van der Waals surface area contributed by atoms with Crippen LogP contribution in [0.4, 0.5) is 17.6 Å². The SMILES string of the molecule is CC1(CNC(=O)c2cc(F)cc(C(F)(F)F)c2)CCNCC1.Cl. The average molecular weight is 355 g/mol. The Balaban J connectivity index is 0.00000264. The molecule has 1 aliphatic heterocycles. The van der Waals surface area contributed by atoms with Crippen LogP contribution < -0.4 is 10.6 Å². The van der Waals surface area contributed by atoms with Gasteiger partial charge in [-0.15, -0.1) is 12.4 Å². The third kappa shape index (κ3) is 5.35. The molecule has 130 valence electrons. The highest BCUT2D eigenvalue weighted by Crippen LogP contribution is 2.31. The van der Waals surface area contributed by atoms with Crippen molar-refractivity contribution in [3.63, 3.8) is 0 Å². The third-order valence-corrected chi connectivity index (χ3v) is 3.97. The smallest absolute Gasteiger partial charge is 0.351 e. The van der Waals surface area contributed by atoms with E-state index in [1.54, 1.807) is 0 Å². The minimum absolute atomic E-state index is 0. The van der Waals surface area contributed by atoms with Gasteiger partial charge in [0, 0.05) is 12.1 Å². The molecule has 0 unspecified atom stereocenters. The van der Waals surface area contributed by atoms with Crippen LogP contribution in [-0.4, -0.2) is 25.5 Å². The lowest BCUT2D eigenvalue weighted by Crippen LogP contribution is -2.42. The van der Waals surface area contributed by atoms with Gasteiger partial charge in [0.15, 0.2) is 0 Å². The minimum Gasteiger partial charge on any atom is -0.351 e. The summed E-state index contributed by atoms with van der Waals surface area (Å²) in [4.78, 5) is 12.0. The van der Waals surface area contributed by atoms with Gasteiger partial charge in [-0.25, -0.2) is 4.39 Å². The predicted molar refractivity (Wildman–Crippen MR) is 81.2 cm³/mol. The standard InChI is InChI=1S/C15H18F4N2O.ClH/c1-14(2-4-20-5-3-14)9-21-13(22)10-6-11(15(17,18)19)8-12(16)7-10;/h6-8,20H,2-5,9H2,1H3,(H,21,22);1H. The van der Waals surface area contributed by atoms with Gasteiger partial charge < -0.3 is 10.6 Å². The van der Waals surface area contributed by atoms with E-state index in [0.29, 0.717) is 18.7 Å². The van der Waals surface area contributed by atoms with Gasteiger partial charge in [0.05, 0.1) is 5.56 Å².